The minimum absolute atomic E-state index is 0.0654. The van der Waals surface area contributed by atoms with Crippen molar-refractivity contribution in [2.45, 2.75) is 45.2 Å². The molecule has 1 saturated heterocycles. The van der Waals surface area contributed by atoms with Gasteiger partial charge < -0.3 is 14.5 Å². The summed E-state index contributed by atoms with van der Waals surface area (Å²) in [6, 6.07) is 8.44. The second-order valence-corrected chi connectivity index (χ2v) is 8.38. The SMILES string of the molecule is Cc1cccc2[nH]c(C(=O)N3CCc4nnc([C@@H]5CCCCN5C)n4CC3)cc12. The molecule has 2 aliphatic rings. The molecule has 7 nitrogen and oxygen atoms in total. The van der Waals surface area contributed by atoms with Crippen LogP contribution in [0.5, 0.6) is 0 Å². The fraction of sp³-hybridized carbons (Fsp3) is 0.500. The lowest BCUT2D eigenvalue weighted by atomic mass is 10.0. The maximum Gasteiger partial charge on any atom is 0.270 e. The number of benzene rings is 1. The van der Waals surface area contributed by atoms with E-state index in [1.54, 1.807) is 0 Å². The van der Waals surface area contributed by atoms with Gasteiger partial charge in [0.15, 0.2) is 0 Å². The Labute approximate surface area is 170 Å². The van der Waals surface area contributed by atoms with Gasteiger partial charge in [-0.1, -0.05) is 18.6 Å². The zero-order chi connectivity index (χ0) is 20.0. The lowest BCUT2D eigenvalue weighted by Gasteiger charge is -2.31. The number of carbonyl (C=O) groups excluding carboxylic acids is 1. The van der Waals surface area contributed by atoms with Gasteiger partial charge in [0.25, 0.3) is 5.91 Å². The minimum atomic E-state index is 0.0654. The van der Waals surface area contributed by atoms with Gasteiger partial charge in [0.2, 0.25) is 0 Å². The number of hydrogen-bond acceptors (Lipinski definition) is 4. The Morgan fingerprint density at radius 3 is 2.86 bits per heavy atom. The Kier molecular flexibility index (Phi) is 4.62. The van der Waals surface area contributed by atoms with Crippen LogP contribution < -0.4 is 0 Å². The molecule has 5 rings (SSSR count). The summed E-state index contributed by atoms with van der Waals surface area (Å²) in [5.74, 6) is 2.13. The highest BCUT2D eigenvalue weighted by atomic mass is 16.2. The number of hydrogen-bond donors (Lipinski definition) is 1. The molecule has 4 heterocycles. The first-order valence-corrected chi connectivity index (χ1v) is 10.6. The highest BCUT2D eigenvalue weighted by Gasteiger charge is 2.29. The predicted molar refractivity (Wildman–Crippen MR) is 112 cm³/mol. The third kappa shape index (κ3) is 3.23. The molecule has 3 aromatic rings. The van der Waals surface area contributed by atoms with E-state index in [-0.39, 0.29) is 5.91 Å². The van der Waals surface area contributed by atoms with Crippen LogP contribution in [0.15, 0.2) is 24.3 Å². The number of nitrogens with one attached hydrogen (secondary N) is 1. The summed E-state index contributed by atoms with van der Waals surface area (Å²) in [5, 5.41) is 10.1. The summed E-state index contributed by atoms with van der Waals surface area (Å²) in [6.07, 6.45) is 4.36. The maximum atomic E-state index is 13.2. The monoisotopic (exact) mass is 392 g/mol. The molecule has 0 bridgehead atoms. The quantitative estimate of drug-likeness (QED) is 0.728. The molecular weight excluding hydrogens is 364 g/mol. The Bertz CT molecular complexity index is 1050. The van der Waals surface area contributed by atoms with Crippen LogP contribution in [0.2, 0.25) is 0 Å². The molecule has 2 aliphatic heterocycles. The van der Waals surface area contributed by atoms with Crippen LogP contribution in [-0.4, -0.2) is 62.1 Å². The van der Waals surface area contributed by atoms with Gasteiger partial charge in [-0.05, 0) is 51.1 Å². The van der Waals surface area contributed by atoms with Gasteiger partial charge in [-0.15, -0.1) is 10.2 Å². The first-order valence-electron chi connectivity index (χ1n) is 10.6. The number of fused-ring (bicyclic) bond motifs is 2. The number of aromatic amines is 1. The van der Waals surface area contributed by atoms with Crippen molar-refractivity contribution in [1.29, 1.82) is 0 Å². The van der Waals surface area contributed by atoms with E-state index >= 15 is 0 Å². The lowest BCUT2D eigenvalue weighted by Crippen LogP contribution is -2.35. The molecule has 1 aromatic carbocycles. The van der Waals surface area contributed by atoms with Gasteiger partial charge in [-0.2, -0.15) is 0 Å². The zero-order valence-corrected chi connectivity index (χ0v) is 17.2. The van der Waals surface area contributed by atoms with Crippen molar-refractivity contribution < 1.29 is 4.79 Å². The van der Waals surface area contributed by atoms with E-state index in [4.69, 9.17) is 0 Å². The van der Waals surface area contributed by atoms with Crippen LogP contribution in [-0.2, 0) is 13.0 Å². The van der Waals surface area contributed by atoms with Crippen LogP contribution in [0.4, 0.5) is 0 Å². The summed E-state index contributed by atoms with van der Waals surface area (Å²) < 4.78 is 2.26. The van der Waals surface area contributed by atoms with Gasteiger partial charge in [-0.25, -0.2) is 0 Å². The van der Waals surface area contributed by atoms with Crippen LogP contribution in [0.3, 0.4) is 0 Å². The maximum absolute atomic E-state index is 13.2. The predicted octanol–water partition coefficient (Wildman–Crippen LogP) is 2.92. The molecule has 29 heavy (non-hydrogen) atoms. The van der Waals surface area contributed by atoms with Crippen molar-refractivity contribution in [3.8, 4) is 0 Å². The average Bonchev–Trinajstić information content (AvgIpc) is 3.28. The van der Waals surface area contributed by atoms with Crippen molar-refractivity contribution in [2.75, 3.05) is 26.7 Å². The first kappa shape index (κ1) is 18.4. The van der Waals surface area contributed by atoms with Gasteiger partial charge in [0.1, 0.15) is 17.3 Å². The normalized spacial score (nSPS) is 20.6. The number of rotatable bonds is 2. The first-order chi connectivity index (χ1) is 14.1. The van der Waals surface area contributed by atoms with E-state index in [1.165, 1.54) is 18.4 Å². The van der Waals surface area contributed by atoms with Crippen molar-refractivity contribution >= 4 is 16.8 Å². The number of nitrogens with zero attached hydrogens (tertiary/aromatic N) is 5. The fourth-order valence-corrected chi connectivity index (χ4v) is 4.79. The largest absolute Gasteiger partial charge is 0.351 e. The van der Waals surface area contributed by atoms with E-state index < -0.39 is 0 Å². The molecular formula is C22H28N6O. The van der Waals surface area contributed by atoms with Crippen molar-refractivity contribution in [3.63, 3.8) is 0 Å². The molecule has 152 valence electrons. The van der Waals surface area contributed by atoms with E-state index in [1.807, 2.05) is 23.1 Å². The number of aromatic nitrogens is 4. The second kappa shape index (κ2) is 7.30. The summed E-state index contributed by atoms with van der Waals surface area (Å²) >= 11 is 0. The lowest BCUT2D eigenvalue weighted by molar-refractivity contribution is 0.0753. The molecule has 0 saturated carbocycles. The van der Waals surface area contributed by atoms with Crippen LogP contribution in [0.1, 0.15) is 53.0 Å². The Morgan fingerprint density at radius 1 is 1.14 bits per heavy atom. The van der Waals surface area contributed by atoms with Crippen molar-refractivity contribution in [1.82, 2.24) is 29.5 Å². The van der Waals surface area contributed by atoms with E-state index in [0.717, 1.165) is 48.5 Å². The Hall–Kier alpha value is -2.67. The summed E-state index contributed by atoms with van der Waals surface area (Å²) in [6.45, 7) is 5.30. The van der Waals surface area contributed by atoms with E-state index in [9.17, 15) is 4.79 Å². The van der Waals surface area contributed by atoms with E-state index in [2.05, 4.69) is 44.7 Å². The molecule has 1 N–H and O–H groups in total. The summed E-state index contributed by atoms with van der Waals surface area (Å²) in [5.41, 5.74) is 2.86. The number of aryl methyl sites for hydroxylation is 1. The van der Waals surface area contributed by atoms with Gasteiger partial charge in [0, 0.05) is 37.0 Å². The van der Waals surface area contributed by atoms with Crippen LogP contribution >= 0.6 is 0 Å². The van der Waals surface area contributed by atoms with E-state index in [0.29, 0.717) is 24.8 Å². The number of amides is 1. The zero-order valence-electron chi connectivity index (χ0n) is 17.2. The van der Waals surface area contributed by atoms with Crippen molar-refractivity contribution in [3.05, 3.63) is 47.2 Å². The number of H-pyrrole nitrogens is 1. The van der Waals surface area contributed by atoms with Gasteiger partial charge in [-0.3, -0.25) is 9.69 Å². The van der Waals surface area contributed by atoms with Crippen LogP contribution in [0.25, 0.3) is 10.9 Å². The molecule has 0 spiro atoms. The van der Waals surface area contributed by atoms with Crippen molar-refractivity contribution in [2.24, 2.45) is 0 Å². The molecule has 2 aromatic heterocycles. The third-order valence-corrected chi connectivity index (χ3v) is 6.52. The Balaban J connectivity index is 1.36. The fourth-order valence-electron chi connectivity index (χ4n) is 4.79. The average molecular weight is 393 g/mol. The van der Waals surface area contributed by atoms with Gasteiger partial charge in [0.05, 0.1) is 6.04 Å². The second-order valence-electron chi connectivity index (χ2n) is 8.38. The number of carbonyl (C=O) groups is 1. The smallest absolute Gasteiger partial charge is 0.270 e. The number of likely N-dealkylation sites (tertiary alicyclic amines) is 1. The highest BCUT2D eigenvalue weighted by Crippen LogP contribution is 2.29. The standard InChI is InChI=1S/C22H28N6O/c1-15-6-5-7-17-16(15)14-18(23-17)22(29)27-11-9-20-24-25-21(28(20)13-12-27)19-8-3-4-10-26(19)2/h5-7,14,19,23H,3-4,8-13H2,1-2H3/t19-/m0/s1. The molecule has 1 fully saturated rings. The van der Waals surface area contributed by atoms with Gasteiger partial charge >= 0.3 is 0 Å². The molecule has 7 heteroatoms. The summed E-state index contributed by atoms with van der Waals surface area (Å²) in [7, 11) is 2.18. The summed E-state index contributed by atoms with van der Waals surface area (Å²) in [4.78, 5) is 20.8. The highest BCUT2D eigenvalue weighted by molar-refractivity contribution is 5.98. The molecule has 0 unspecified atom stereocenters. The molecule has 0 radical (unpaired) electrons. The minimum Gasteiger partial charge on any atom is -0.351 e. The Morgan fingerprint density at radius 2 is 2.03 bits per heavy atom. The van der Waals surface area contributed by atoms with Crippen LogP contribution in [0, 0.1) is 6.92 Å². The number of piperidine rings is 1. The molecule has 0 aliphatic carbocycles. The molecule has 1 amide bonds. The molecule has 1 atom stereocenters. The third-order valence-electron chi connectivity index (χ3n) is 6.52. The topological polar surface area (TPSA) is 70.1 Å².